The van der Waals surface area contributed by atoms with Gasteiger partial charge in [0.1, 0.15) is 16.9 Å². The third-order valence-corrected chi connectivity index (χ3v) is 2.53. The van der Waals surface area contributed by atoms with Crippen molar-refractivity contribution in [1.82, 2.24) is 4.98 Å². The Labute approximate surface area is 107 Å². The molecule has 0 saturated carbocycles. The first-order chi connectivity index (χ1) is 8.61. The van der Waals surface area contributed by atoms with Crippen LogP contribution in [0.2, 0.25) is 5.02 Å². The molecule has 4 nitrogen and oxygen atoms in total. The molecule has 0 spiro atoms. The number of ether oxygens (including phenoxy) is 1. The molecule has 0 unspecified atom stereocenters. The Kier molecular flexibility index (Phi) is 3.31. The van der Waals surface area contributed by atoms with Crippen molar-refractivity contribution in [2.75, 3.05) is 5.73 Å². The standard InChI is InChI=1S/C12H7ClFN3O/c13-11-7(6-15)3-4-17-12(11)18-10-5-8(14)1-2-9(10)16/h1-5H,16H2. The Morgan fingerprint density at radius 3 is 2.89 bits per heavy atom. The molecular weight excluding hydrogens is 257 g/mol. The van der Waals surface area contributed by atoms with Gasteiger partial charge in [-0.05, 0) is 18.2 Å². The maximum atomic E-state index is 13.1. The lowest BCUT2D eigenvalue weighted by Gasteiger charge is -2.09. The van der Waals surface area contributed by atoms with Gasteiger partial charge in [-0.2, -0.15) is 5.26 Å². The normalized spacial score (nSPS) is 9.83. The molecule has 2 N–H and O–H groups in total. The Balaban J connectivity index is 2.41. The Morgan fingerprint density at radius 2 is 2.17 bits per heavy atom. The third kappa shape index (κ3) is 2.34. The van der Waals surface area contributed by atoms with Crippen LogP contribution in [0.15, 0.2) is 30.5 Å². The minimum atomic E-state index is -0.494. The number of nitrogen functional groups attached to an aromatic ring is 1. The molecule has 0 fully saturated rings. The Hall–Kier alpha value is -2.32. The fourth-order valence-corrected chi connectivity index (χ4v) is 1.48. The molecule has 18 heavy (non-hydrogen) atoms. The Morgan fingerprint density at radius 1 is 1.39 bits per heavy atom. The molecule has 2 rings (SSSR count). The zero-order valence-corrected chi connectivity index (χ0v) is 9.78. The zero-order chi connectivity index (χ0) is 13.1. The monoisotopic (exact) mass is 263 g/mol. The SMILES string of the molecule is N#Cc1ccnc(Oc2cc(F)ccc2N)c1Cl. The number of nitriles is 1. The van der Waals surface area contributed by atoms with Crippen LogP contribution in [0.5, 0.6) is 11.6 Å². The van der Waals surface area contributed by atoms with Crippen LogP contribution in [0.1, 0.15) is 5.56 Å². The van der Waals surface area contributed by atoms with E-state index in [0.717, 1.165) is 6.07 Å². The lowest BCUT2D eigenvalue weighted by atomic mass is 10.3. The number of hydrogen-bond acceptors (Lipinski definition) is 4. The van der Waals surface area contributed by atoms with Crippen LogP contribution >= 0.6 is 11.6 Å². The van der Waals surface area contributed by atoms with Crippen LogP contribution in [0.4, 0.5) is 10.1 Å². The van der Waals surface area contributed by atoms with E-state index in [2.05, 4.69) is 4.98 Å². The Bertz CT molecular complexity index is 640. The van der Waals surface area contributed by atoms with Gasteiger partial charge in [0.05, 0.1) is 11.3 Å². The first kappa shape index (κ1) is 12.1. The molecule has 0 aliphatic rings. The fraction of sp³-hybridized carbons (Fsp3) is 0. The van der Waals surface area contributed by atoms with Crippen LogP contribution < -0.4 is 10.5 Å². The van der Waals surface area contributed by atoms with E-state index in [1.807, 2.05) is 6.07 Å². The van der Waals surface area contributed by atoms with E-state index in [1.54, 1.807) is 0 Å². The largest absolute Gasteiger partial charge is 0.435 e. The molecule has 0 radical (unpaired) electrons. The van der Waals surface area contributed by atoms with Crippen LogP contribution in [0, 0.1) is 17.1 Å². The third-order valence-electron chi connectivity index (χ3n) is 2.16. The summed E-state index contributed by atoms with van der Waals surface area (Å²) in [4.78, 5) is 3.87. The van der Waals surface area contributed by atoms with E-state index in [-0.39, 0.29) is 27.9 Å². The van der Waals surface area contributed by atoms with Crippen molar-refractivity contribution in [3.05, 3.63) is 46.9 Å². The molecule has 6 heteroatoms. The quantitative estimate of drug-likeness (QED) is 0.845. The summed E-state index contributed by atoms with van der Waals surface area (Å²) in [5.74, 6) is -0.390. The molecule has 1 aromatic heterocycles. The molecule has 0 bridgehead atoms. The predicted molar refractivity (Wildman–Crippen MR) is 64.8 cm³/mol. The number of halogens is 2. The second-order valence-electron chi connectivity index (χ2n) is 3.37. The summed E-state index contributed by atoms with van der Waals surface area (Å²) in [7, 11) is 0. The van der Waals surface area contributed by atoms with Crippen LogP contribution in [-0.2, 0) is 0 Å². The highest BCUT2D eigenvalue weighted by Crippen LogP contribution is 2.32. The molecule has 90 valence electrons. The van der Waals surface area contributed by atoms with E-state index in [4.69, 9.17) is 27.3 Å². The van der Waals surface area contributed by atoms with E-state index in [9.17, 15) is 4.39 Å². The van der Waals surface area contributed by atoms with E-state index < -0.39 is 5.82 Å². The fourth-order valence-electron chi connectivity index (χ4n) is 1.28. The van der Waals surface area contributed by atoms with Crippen molar-refractivity contribution in [1.29, 1.82) is 5.26 Å². The molecule has 0 aliphatic heterocycles. The lowest BCUT2D eigenvalue weighted by Crippen LogP contribution is -1.95. The van der Waals surface area contributed by atoms with Gasteiger partial charge in [-0.15, -0.1) is 0 Å². The molecule has 0 amide bonds. The van der Waals surface area contributed by atoms with Gasteiger partial charge in [0, 0.05) is 12.3 Å². The molecule has 0 atom stereocenters. The minimum Gasteiger partial charge on any atom is -0.435 e. The van der Waals surface area contributed by atoms with Crippen molar-refractivity contribution in [3.63, 3.8) is 0 Å². The van der Waals surface area contributed by atoms with Gasteiger partial charge in [0.25, 0.3) is 0 Å². The van der Waals surface area contributed by atoms with E-state index in [0.29, 0.717) is 0 Å². The van der Waals surface area contributed by atoms with Crippen molar-refractivity contribution < 1.29 is 9.13 Å². The highest BCUT2D eigenvalue weighted by Gasteiger charge is 2.11. The van der Waals surface area contributed by atoms with Crippen LogP contribution in [-0.4, -0.2) is 4.98 Å². The summed E-state index contributed by atoms with van der Waals surface area (Å²) in [6.45, 7) is 0. The van der Waals surface area contributed by atoms with Crippen molar-refractivity contribution in [2.24, 2.45) is 0 Å². The molecule has 2 aromatic rings. The highest BCUT2D eigenvalue weighted by atomic mass is 35.5. The number of benzene rings is 1. The van der Waals surface area contributed by atoms with Crippen molar-refractivity contribution in [2.45, 2.75) is 0 Å². The zero-order valence-electron chi connectivity index (χ0n) is 9.02. The van der Waals surface area contributed by atoms with Crippen molar-refractivity contribution >= 4 is 17.3 Å². The first-order valence-corrected chi connectivity index (χ1v) is 5.27. The number of hydrogen-bond donors (Lipinski definition) is 1. The molecular formula is C12H7ClFN3O. The average Bonchev–Trinajstić information content (AvgIpc) is 2.36. The maximum Gasteiger partial charge on any atom is 0.239 e. The van der Waals surface area contributed by atoms with Crippen molar-refractivity contribution in [3.8, 4) is 17.7 Å². The van der Waals surface area contributed by atoms with Gasteiger partial charge in [-0.1, -0.05) is 11.6 Å². The number of rotatable bonds is 2. The number of pyridine rings is 1. The van der Waals surface area contributed by atoms with E-state index >= 15 is 0 Å². The summed E-state index contributed by atoms with van der Waals surface area (Å²) in [6, 6.07) is 7.04. The van der Waals surface area contributed by atoms with Crippen LogP contribution in [0.25, 0.3) is 0 Å². The minimum absolute atomic E-state index is 0.00742. The summed E-state index contributed by atoms with van der Waals surface area (Å²) in [5, 5.41) is 8.86. The van der Waals surface area contributed by atoms with Gasteiger partial charge >= 0.3 is 0 Å². The molecule has 1 aromatic carbocycles. The molecule has 0 saturated heterocycles. The summed E-state index contributed by atoms with van der Waals surface area (Å²) >= 11 is 5.91. The summed E-state index contributed by atoms with van der Waals surface area (Å²) in [6.07, 6.45) is 1.37. The second kappa shape index (κ2) is 4.90. The average molecular weight is 264 g/mol. The number of anilines is 1. The smallest absolute Gasteiger partial charge is 0.239 e. The number of nitrogens with two attached hydrogens (primary N) is 1. The van der Waals surface area contributed by atoms with Crippen LogP contribution in [0.3, 0.4) is 0 Å². The summed E-state index contributed by atoms with van der Waals surface area (Å²) < 4.78 is 18.4. The molecule has 0 aliphatic carbocycles. The maximum absolute atomic E-state index is 13.1. The second-order valence-corrected chi connectivity index (χ2v) is 3.75. The van der Waals surface area contributed by atoms with E-state index in [1.165, 1.54) is 24.4 Å². The van der Waals surface area contributed by atoms with Gasteiger partial charge in [-0.3, -0.25) is 0 Å². The topological polar surface area (TPSA) is 71.9 Å². The summed E-state index contributed by atoms with van der Waals surface area (Å²) in [5.41, 5.74) is 6.10. The number of aromatic nitrogens is 1. The first-order valence-electron chi connectivity index (χ1n) is 4.89. The molecule has 1 heterocycles. The van der Waals surface area contributed by atoms with Gasteiger partial charge in [0.2, 0.25) is 5.88 Å². The highest BCUT2D eigenvalue weighted by molar-refractivity contribution is 6.33. The van der Waals surface area contributed by atoms with Gasteiger partial charge in [-0.25, -0.2) is 9.37 Å². The number of nitrogens with zero attached hydrogens (tertiary/aromatic N) is 2. The predicted octanol–water partition coefficient (Wildman–Crippen LogP) is 3.12. The van der Waals surface area contributed by atoms with Gasteiger partial charge in [0.15, 0.2) is 5.75 Å². The van der Waals surface area contributed by atoms with Gasteiger partial charge < -0.3 is 10.5 Å². The lowest BCUT2D eigenvalue weighted by molar-refractivity contribution is 0.460.